The van der Waals surface area contributed by atoms with Crippen molar-refractivity contribution in [3.05, 3.63) is 81.9 Å². The van der Waals surface area contributed by atoms with Crippen LogP contribution in [0.2, 0.25) is 0 Å². The Hall–Kier alpha value is -3.16. The number of carbonyl (C=O) groups is 1. The summed E-state index contributed by atoms with van der Waals surface area (Å²) < 4.78 is 40.1. The van der Waals surface area contributed by atoms with E-state index in [1.54, 1.807) is 10.9 Å². The highest BCUT2D eigenvalue weighted by Gasteiger charge is 2.31. The van der Waals surface area contributed by atoms with Gasteiger partial charge in [-0.1, -0.05) is 12.1 Å². The lowest BCUT2D eigenvalue weighted by Gasteiger charge is -2.17. The highest BCUT2D eigenvalue weighted by Crippen LogP contribution is 2.31. The van der Waals surface area contributed by atoms with Gasteiger partial charge in [0, 0.05) is 43.1 Å². The Bertz CT molecular complexity index is 1140. The molecule has 1 fully saturated rings. The van der Waals surface area contributed by atoms with Gasteiger partial charge in [-0.25, -0.2) is 0 Å². The van der Waals surface area contributed by atoms with Gasteiger partial charge in [-0.2, -0.15) is 18.3 Å². The predicted octanol–water partition coefficient (Wildman–Crippen LogP) is 4.67. The third-order valence-electron chi connectivity index (χ3n) is 6.08. The van der Waals surface area contributed by atoms with Gasteiger partial charge in [0.25, 0.3) is 5.91 Å². The van der Waals surface area contributed by atoms with Crippen molar-refractivity contribution in [1.82, 2.24) is 19.7 Å². The minimum absolute atomic E-state index is 0.0178. The molecule has 3 heterocycles. The van der Waals surface area contributed by atoms with E-state index in [4.69, 9.17) is 0 Å². The molecule has 1 saturated heterocycles. The maximum atomic E-state index is 12.9. The van der Waals surface area contributed by atoms with Crippen LogP contribution in [0.15, 0.2) is 42.6 Å². The van der Waals surface area contributed by atoms with Crippen LogP contribution in [0, 0.1) is 13.8 Å². The van der Waals surface area contributed by atoms with Crippen LogP contribution in [0.25, 0.3) is 0 Å². The lowest BCUT2D eigenvalue weighted by Crippen LogP contribution is -2.29. The van der Waals surface area contributed by atoms with E-state index in [1.165, 1.54) is 12.1 Å². The lowest BCUT2D eigenvalue weighted by molar-refractivity contribution is -0.137. The summed E-state index contributed by atoms with van der Waals surface area (Å²) in [5, 5.41) is 4.16. The van der Waals surface area contributed by atoms with Crippen LogP contribution >= 0.6 is 0 Å². The number of aromatic nitrogens is 3. The molecule has 0 radical (unpaired) electrons. The molecule has 0 bridgehead atoms. The first kappa shape index (κ1) is 22.0. The molecule has 32 heavy (non-hydrogen) atoms. The van der Waals surface area contributed by atoms with Gasteiger partial charge >= 0.3 is 6.18 Å². The minimum Gasteiger partial charge on any atom is -0.338 e. The normalized spacial score (nSPS) is 16.6. The first-order valence-electron chi connectivity index (χ1n) is 10.5. The average Bonchev–Trinajstić information content (AvgIpc) is 3.35. The zero-order valence-corrected chi connectivity index (χ0v) is 18.3. The maximum Gasteiger partial charge on any atom is 0.416 e. The summed E-state index contributed by atoms with van der Waals surface area (Å²) in [5.41, 5.74) is 4.40. The molecule has 5 nitrogen and oxygen atoms in total. The molecule has 3 aromatic rings. The SMILES string of the molecule is Cc1cc(Cc2ccc(C(F)(F)F)cc2)cc([C@@H]2CCN(C(=O)c3cnn(C)c3C)C2)n1. The summed E-state index contributed by atoms with van der Waals surface area (Å²) in [4.78, 5) is 19.4. The van der Waals surface area contributed by atoms with E-state index in [2.05, 4.69) is 10.1 Å². The Balaban J connectivity index is 1.48. The molecule has 168 valence electrons. The largest absolute Gasteiger partial charge is 0.416 e. The van der Waals surface area contributed by atoms with E-state index in [1.807, 2.05) is 37.9 Å². The molecule has 0 N–H and O–H groups in total. The van der Waals surface area contributed by atoms with Crippen molar-refractivity contribution < 1.29 is 18.0 Å². The molecule has 1 amide bonds. The summed E-state index contributed by atoms with van der Waals surface area (Å²) in [6.07, 6.45) is -1.38. The standard InChI is InChI=1S/C24H25F3N4O/c1-15-10-18(11-17-4-6-20(7-5-17)24(25,26)27)12-22(29-15)19-8-9-31(14-19)23(32)21-13-28-30(3)16(21)2/h4-7,10,12-13,19H,8-9,11,14H2,1-3H3/t19-/m1/s1. The Kier molecular flexibility index (Phi) is 5.79. The molecule has 1 aromatic carbocycles. The third-order valence-corrected chi connectivity index (χ3v) is 6.08. The molecule has 1 aliphatic heterocycles. The number of carbonyl (C=O) groups excluding carboxylic acids is 1. The van der Waals surface area contributed by atoms with Gasteiger partial charge in [-0.15, -0.1) is 0 Å². The van der Waals surface area contributed by atoms with Crippen molar-refractivity contribution in [2.24, 2.45) is 7.05 Å². The fourth-order valence-electron chi connectivity index (χ4n) is 4.19. The second-order valence-corrected chi connectivity index (χ2v) is 8.42. The number of hydrogen-bond donors (Lipinski definition) is 0. The first-order valence-corrected chi connectivity index (χ1v) is 10.5. The quantitative estimate of drug-likeness (QED) is 0.590. The van der Waals surface area contributed by atoms with E-state index in [0.29, 0.717) is 25.1 Å². The summed E-state index contributed by atoms with van der Waals surface area (Å²) in [6, 6.07) is 9.24. The smallest absolute Gasteiger partial charge is 0.338 e. The zero-order chi connectivity index (χ0) is 23.0. The average molecular weight is 442 g/mol. The van der Waals surface area contributed by atoms with Gasteiger partial charge in [0.1, 0.15) is 0 Å². The Morgan fingerprint density at radius 2 is 1.84 bits per heavy atom. The molecule has 2 aromatic heterocycles. The fraction of sp³-hybridized carbons (Fsp3) is 0.375. The number of pyridine rings is 1. The number of aryl methyl sites for hydroxylation is 2. The highest BCUT2D eigenvalue weighted by atomic mass is 19.4. The van der Waals surface area contributed by atoms with Crippen molar-refractivity contribution in [2.45, 2.75) is 38.8 Å². The predicted molar refractivity (Wildman–Crippen MR) is 114 cm³/mol. The van der Waals surface area contributed by atoms with Crippen LogP contribution in [-0.4, -0.2) is 38.7 Å². The van der Waals surface area contributed by atoms with Crippen LogP contribution < -0.4 is 0 Å². The fourth-order valence-corrected chi connectivity index (χ4v) is 4.19. The Labute approximate surface area is 184 Å². The van der Waals surface area contributed by atoms with Crippen LogP contribution in [0.3, 0.4) is 0 Å². The molecular formula is C24H25F3N4O. The molecular weight excluding hydrogens is 417 g/mol. The summed E-state index contributed by atoms with van der Waals surface area (Å²) in [6.45, 7) is 5.03. The Morgan fingerprint density at radius 3 is 2.47 bits per heavy atom. The molecule has 0 aliphatic carbocycles. The van der Waals surface area contributed by atoms with Gasteiger partial charge in [-0.05, 0) is 62.1 Å². The second kappa shape index (κ2) is 8.41. The van der Waals surface area contributed by atoms with E-state index in [9.17, 15) is 18.0 Å². The summed E-state index contributed by atoms with van der Waals surface area (Å²) in [5.74, 6) is 0.109. The van der Waals surface area contributed by atoms with Crippen LogP contribution in [0.5, 0.6) is 0 Å². The Morgan fingerprint density at radius 1 is 1.12 bits per heavy atom. The van der Waals surface area contributed by atoms with E-state index in [0.717, 1.165) is 46.8 Å². The molecule has 0 unspecified atom stereocenters. The summed E-state index contributed by atoms with van der Waals surface area (Å²) >= 11 is 0. The minimum atomic E-state index is -4.33. The van der Waals surface area contributed by atoms with Crippen molar-refractivity contribution in [2.75, 3.05) is 13.1 Å². The van der Waals surface area contributed by atoms with E-state index < -0.39 is 11.7 Å². The van der Waals surface area contributed by atoms with Gasteiger partial charge in [0.2, 0.25) is 0 Å². The molecule has 8 heteroatoms. The van der Waals surface area contributed by atoms with E-state index >= 15 is 0 Å². The van der Waals surface area contributed by atoms with Crippen molar-refractivity contribution in [1.29, 1.82) is 0 Å². The number of benzene rings is 1. The molecule has 0 spiro atoms. The van der Waals surface area contributed by atoms with Crippen molar-refractivity contribution in [3.8, 4) is 0 Å². The van der Waals surface area contributed by atoms with Crippen molar-refractivity contribution >= 4 is 5.91 Å². The van der Waals surface area contributed by atoms with Gasteiger partial charge in [0.15, 0.2) is 0 Å². The lowest BCUT2D eigenvalue weighted by atomic mass is 9.98. The van der Waals surface area contributed by atoms with Gasteiger partial charge in [0.05, 0.1) is 17.3 Å². The summed E-state index contributed by atoms with van der Waals surface area (Å²) in [7, 11) is 1.81. The monoisotopic (exact) mass is 442 g/mol. The van der Waals surface area contributed by atoms with Crippen LogP contribution in [0.1, 0.15) is 56.5 Å². The molecule has 1 aliphatic rings. The van der Waals surface area contributed by atoms with E-state index in [-0.39, 0.29) is 11.8 Å². The second-order valence-electron chi connectivity index (χ2n) is 8.42. The van der Waals surface area contributed by atoms with Crippen LogP contribution in [-0.2, 0) is 19.6 Å². The number of hydrogen-bond acceptors (Lipinski definition) is 3. The highest BCUT2D eigenvalue weighted by molar-refractivity contribution is 5.95. The number of halogens is 3. The topological polar surface area (TPSA) is 51.0 Å². The number of alkyl halides is 3. The molecule has 4 rings (SSSR count). The van der Waals surface area contributed by atoms with Gasteiger partial charge in [-0.3, -0.25) is 14.5 Å². The maximum absolute atomic E-state index is 12.9. The number of nitrogens with zero attached hydrogens (tertiary/aromatic N) is 4. The number of likely N-dealkylation sites (tertiary alicyclic amines) is 1. The third kappa shape index (κ3) is 4.54. The number of amides is 1. The molecule has 0 saturated carbocycles. The van der Waals surface area contributed by atoms with Gasteiger partial charge < -0.3 is 4.90 Å². The van der Waals surface area contributed by atoms with Crippen LogP contribution in [0.4, 0.5) is 13.2 Å². The first-order chi connectivity index (χ1) is 15.1. The zero-order valence-electron chi connectivity index (χ0n) is 18.3. The number of rotatable bonds is 4. The molecule has 1 atom stereocenters. The van der Waals surface area contributed by atoms with Crippen molar-refractivity contribution in [3.63, 3.8) is 0 Å².